The molecule has 2 aromatic rings. The van der Waals surface area contributed by atoms with E-state index in [0.29, 0.717) is 6.54 Å². The molecule has 0 fully saturated rings. The van der Waals surface area contributed by atoms with Crippen LogP contribution in [0.5, 0.6) is 0 Å². The van der Waals surface area contributed by atoms with E-state index in [2.05, 4.69) is 27.2 Å². The van der Waals surface area contributed by atoms with Crippen LogP contribution in [-0.4, -0.2) is 0 Å². The fraction of sp³-hybridized carbons (Fsp3) is 0.0667. The first-order valence-electron chi connectivity index (χ1n) is 5.43. The van der Waals surface area contributed by atoms with Crippen LogP contribution in [0.3, 0.4) is 0 Å². The summed E-state index contributed by atoms with van der Waals surface area (Å²) in [5.74, 6) is 2.61. The summed E-state index contributed by atoms with van der Waals surface area (Å²) in [6.07, 6.45) is 5.36. The second kappa shape index (κ2) is 5.95. The van der Waals surface area contributed by atoms with Crippen molar-refractivity contribution in [2.24, 2.45) is 0 Å². The van der Waals surface area contributed by atoms with Crippen LogP contribution in [0.15, 0.2) is 46.9 Å². The molecule has 0 saturated heterocycles. The number of anilines is 1. The summed E-state index contributed by atoms with van der Waals surface area (Å²) in [5.41, 5.74) is 2.90. The lowest BCUT2D eigenvalue weighted by molar-refractivity contribution is 1.15. The van der Waals surface area contributed by atoms with Gasteiger partial charge < -0.3 is 5.32 Å². The van der Waals surface area contributed by atoms with Crippen molar-refractivity contribution < 1.29 is 0 Å². The Kier molecular flexibility index (Phi) is 4.30. The van der Waals surface area contributed by atoms with Crippen molar-refractivity contribution in [3.05, 3.63) is 63.1 Å². The highest BCUT2D eigenvalue weighted by molar-refractivity contribution is 9.10. The Hall–Kier alpha value is -1.43. The number of benzene rings is 2. The third kappa shape index (κ3) is 3.29. The molecule has 2 aromatic carbocycles. The minimum absolute atomic E-state index is 0.667. The second-order valence-corrected chi connectivity index (χ2v) is 5.14. The lowest BCUT2D eigenvalue weighted by atomic mass is 10.2. The molecule has 0 amide bonds. The summed E-state index contributed by atoms with van der Waals surface area (Å²) in [7, 11) is 0. The van der Waals surface area contributed by atoms with Gasteiger partial charge in [0.25, 0.3) is 0 Å². The number of rotatable bonds is 3. The zero-order valence-electron chi connectivity index (χ0n) is 9.58. The van der Waals surface area contributed by atoms with Crippen molar-refractivity contribution >= 4 is 33.2 Å². The molecule has 0 unspecified atom stereocenters. The van der Waals surface area contributed by atoms with E-state index in [-0.39, 0.29) is 0 Å². The van der Waals surface area contributed by atoms with Crippen molar-refractivity contribution in [2.45, 2.75) is 6.54 Å². The Bertz CT molecular complexity index is 602. The van der Waals surface area contributed by atoms with Crippen molar-refractivity contribution in [1.29, 1.82) is 0 Å². The molecule has 0 aromatic heterocycles. The van der Waals surface area contributed by atoms with Gasteiger partial charge >= 0.3 is 0 Å². The average Bonchev–Trinajstić information content (AvgIpc) is 2.38. The molecule has 0 saturated carbocycles. The number of halogens is 2. The molecule has 0 atom stereocenters. The third-order valence-corrected chi connectivity index (χ3v) is 3.37. The van der Waals surface area contributed by atoms with E-state index >= 15 is 0 Å². The van der Waals surface area contributed by atoms with Crippen molar-refractivity contribution in [3.8, 4) is 12.3 Å². The molecule has 0 radical (unpaired) electrons. The normalized spacial score (nSPS) is 9.83. The minimum Gasteiger partial charge on any atom is -0.381 e. The van der Waals surface area contributed by atoms with Gasteiger partial charge in [-0.2, -0.15) is 0 Å². The topological polar surface area (TPSA) is 12.0 Å². The van der Waals surface area contributed by atoms with E-state index in [4.69, 9.17) is 18.0 Å². The maximum Gasteiger partial charge on any atom is 0.0467 e. The first-order valence-corrected chi connectivity index (χ1v) is 6.60. The highest BCUT2D eigenvalue weighted by Crippen LogP contribution is 2.22. The van der Waals surface area contributed by atoms with Gasteiger partial charge in [0, 0.05) is 27.3 Å². The van der Waals surface area contributed by atoms with Gasteiger partial charge in [-0.15, -0.1) is 6.42 Å². The van der Waals surface area contributed by atoms with Gasteiger partial charge in [-0.3, -0.25) is 0 Å². The molecule has 0 aliphatic rings. The molecule has 3 heteroatoms. The summed E-state index contributed by atoms with van der Waals surface area (Å²) < 4.78 is 0.977. The Morgan fingerprint density at radius 2 is 2.06 bits per heavy atom. The van der Waals surface area contributed by atoms with Crippen LogP contribution in [0.25, 0.3) is 0 Å². The van der Waals surface area contributed by atoms with Crippen molar-refractivity contribution in [3.63, 3.8) is 0 Å². The van der Waals surface area contributed by atoms with E-state index in [9.17, 15) is 0 Å². The third-order valence-electron chi connectivity index (χ3n) is 2.53. The zero-order chi connectivity index (χ0) is 13.0. The number of hydrogen-bond acceptors (Lipinski definition) is 1. The summed E-state index contributed by atoms with van der Waals surface area (Å²) in [5, 5.41) is 4.04. The van der Waals surface area contributed by atoms with E-state index in [1.807, 2.05) is 42.5 Å². The molecule has 0 aliphatic heterocycles. The molecule has 1 N–H and O–H groups in total. The van der Waals surface area contributed by atoms with E-state index in [1.165, 1.54) is 0 Å². The number of hydrogen-bond donors (Lipinski definition) is 1. The Balaban J connectivity index is 2.09. The summed E-state index contributed by atoms with van der Waals surface area (Å²) >= 11 is 9.54. The number of nitrogens with one attached hydrogen (secondary N) is 1. The fourth-order valence-electron chi connectivity index (χ4n) is 1.58. The Morgan fingerprint density at radius 3 is 2.78 bits per heavy atom. The highest BCUT2D eigenvalue weighted by Gasteiger charge is 2.01. The lowest BCUT2D eigenvalue weighted by Gasteiger charge is -2.08. The van der Waals surface area contributed by atoms with Gasteiger partial charge in [0.2, 0.25) is 0 Å². The van der Waals surface area contributed by atoms with Crippen LogP contribution >= 0.6 is 27.5 Å². The summed E-state index contributed by atoms with van der Waals surface area (Å²) in [6.45, 7) is 0.667. The van der Waals surface area contributed by atoms with Crippen LogP contribution in [0.1, 0.15) is 11.1 Å². The van der Waals surface area contributed by atoms with Crippen molar-refractivity contribution in [2.75, 3.05) is 5.32 Å². The van der Waals surface area contributed by atoms with Gasteiger partial charge in [-0.1, -0.05) is 45.6 Å². The van der Waals surface area contributed by atoms with Crippen LogP contribution in [0.2, 0.25) is 5.02 Å². The van der Waals surface area contributed by atoms with E-state index in [0.717, 1.165) is 26.3 Å². The molecule has 90 valence electrons. The minimum atomic E-state index is 0.667. The maximum atomic E-state index is 6.15. The molecule has 0 bridgehead atoms. The molecule has 18 heavy (non-hydrogen) atoms. The average molecular weight is 321 g/mol. The predicted molar refractivity (Wildman–Crippen MR) is 80.9 cm³/mol. The Labute approximate surface area is 120 Å². The Morgan fingerprint density at radius 1 is 1.22 bits per heavy atom. The largest absolute Gasteiger partial charge is 0.381 e. The number of terminal acetylenes is 1. The SMILES string of the molecule is C#Cc1cccc(NCc2ccc(Br)cc2Cl)c1. The molecule has 1 nitrogen and oxygen atoms in total. The highest BCUT2D eigenvalue weighted by atomic mass is 79.9. The van der Waals surface area contributed by atoms with E-state index in [1.54, 1.807) is 0 Å². The molecule has 0 spiro atoms. The van der Waals surface area contributed by atoms with Gasteiger partial charge in [0.15, 0.2) is 0 Å². The van der Waals surface area contributed by atoms with Crippen molar-refractivity contribution in [1.82, 2.24) is 0 Å². The second-order valence-electron chi connectivity index (χ2n) is 3.81. The van der Waals surface area contributed by atoms with Gasteiger partial charge in [0.05, 0.1) is 0 Å². The van der Waals surface area contributed by atoms with Gasteiger partial charge in [0.1, 0.15) is 0 Å². The predicted octanol–water partition coefficient (Wildman–Crippen LogP) is 4.70. The molecule has 0 heterocycles. The summed E-state index contributed by atoms with van der Waals surface area (Å²) in [4.78, 5) is 0. The first-order chi connectivity index (χ1) is 8.69. The summed E-state index contributed by atoms with van der Waals surface area (Å²) in [6, 6.07) is 13.6. The van der Waals surface area contributed by atoms with E-state index < -0.39 is 0 Å². The molecular weight excluding hydrogens is 310 g/mol. The van der Waals surface area contributed by atoms with Gasteiger partial charge in [-0.05, 0) is 35.9 Å². The molecule has 0 aliphatic carbocycles. The maximum absolute atomic E-state index is 6.15. The first kappa shape index (κ1) is 13.0. The standard InChI is InChI=1S/C15H11BrClN/c1-2-11-4-3-5-14(8-11)18-10-12-6-7-13(16)9-15(12)17/h1,3-9,18H,10H2. The van der Waals surface area contributed by atoms with Crippen LogP contribution in [0, 0.1) is 12.3 Å². The van der Waals surface area contributed by atoms with Crippen LogP contribution in [-0.2, 0) is 6.54 Å². The van der Waals surface area contributed by atoms with Gasteiger partial charge in [-0.25, -0.2) is 0 Å². The molecular formula is C15H11BrClN. The molecule has 2 rings (SSSR count). The van der Waals surface area contributed by atoms with Crippen LogP contribution < -0.4 is 5.32 Å². The zero-order valence-corrected chi connectivity index (χ0v) is 11.9. The monoisotopic (exact) mass is 319 g/mol. The van der Waals surface area contributed by atoms with Crippen LogP contribution in [0.4, 0.5) is 5.69 Å². The smallest absolute Gasteiger partial charge is 0.0467 e. The lowest BCUT2D eigenvalue weighted by Crippen LogP contribution is -2.00. The quantitative estimate of drug-likeness (QED) is 0.809. The fourth-order valence-corrected chi connectivity index (χ4v) is 2.32.